The molecular weight excluding hydrogens is 343 g/mol. The summed E-state index contributed by atoms with van der Waals surface area (Å²) >= 11 is 0. The molecule has 158 valence electrons. The van der Waals surface area contributed by atoms with E-state index in [-0.39, 0.29) is 17.7 Å². The Bertz CT molecular complexity index is 497. The van der Waals surface area contributed by atoms with Gasteiger partial charge in [-0.2, -0.15) is 0 Å². The highest BCUT2D eigenvalue weighted by atomic mass is 19.1. The topological polar surface area (TPSA) is 46.9 Å². The van der Waals surface area contributed by atoms with Crippen LogP contribution < -0.4 is 0 Å². The highest BCUT2D eigenvalue weighted by Crippen LogP contribution is 2.41. The molecule has 4 saturated heterocycles. The first-order chi connectivity index (χ1) is 13.1. The van der Waals surface area contributed by atoms with E-state index < -0.39 is 0 Å². The monoisotopic (exact) mass is 384 g/mol. The summed E-state index contributed by atoms with van der Waals surface area (Å²) in [6, 6.07) is 0. The first-order valence-corrected chi connectivity index (χ1v) is 10.7. The van der Waals surface area contributed by atoms with E-state index in [2.05, 4.69) is 16.4 Å². The summed E-state index contributed by atoms with van der Waals surface area (Å²) in [6.07, 6.45) is 7.00. The summed E-state index contributed by atoms with van der Waals surface area (Å²) in [5.74, 6) is 0. The third-order valence-corrected chi connectivity index (χ3v) is 6.17. The van der Waals surface area contributed by atoms with Gasteiger partial charge in [0, 0.05) is 24.2 Å². The van der Waals surface area contributed by atoms with Crippen LogP contribution in [0.4, 0.5) is 4.39 Å². The van der Waals surface area contributed by atoms with Crippen molar-refractivity contribution in [3.8, 4) is 0 Å². The van der Waals surface area contributed by atoms with Gasteiger partial charge in [0.2, 0.25) is 0 Å². The predicted octanol–water partition coefficient (Wildman–Crippen LogP) is 3.90. The Labute approximate surface area is 165 Å². The fraction of sp³-hybridized carbons (Fsp3) is 0.818. The van der Waals surface area contributed by atoms with Gasteiger partial charge in [-0.25, -0.2) is 4.39 Å². The van der Waals surface area contributed by atoms with Gasteiger partial charge in [-0.15, -0.1) is 0 Å². The van der Waals surface area contributed by atoms with Crippen molar-refractivity contribution >= 4 is 0 Å². The van der Waals surface area contributed by atoms with E-state index in [0.29, 0.717) is 12.9 Å². The van der Waals surface area contributed by atoms with Crippen LogP contribution >= 0.6 is 0 Å². The van der Waals surface area contributed by atoms with Crippen molar-refractivity contribution in [2.24, 2.45) is 0 Å². The lowest BCUT2D eigenvalue weighted by atomic mass is 9.94. The molecule has 5 heteroatoms. The van der Waals surface area contributed by atoms with Gasteiger partial charge in [-0.3, -0.25) is 9.80 Å². The van der Waals surface area contributed by atoms with Gasteiger partial charge < -0.3 is 10.2 Å². The highest BCUT2D eigenvalue weighted by Gasteiger charge is 2.46. The molecule has 4 fully saturated rings. The van der Waals surface area contributed by atoms with Crippen LogP contribution in [-0.4, -0.2) is 70.5 Å². The normalized spacial score (nSPS) is 33.4. The molecule has 0 aliphatic carbocycles. The van der Waals surface area contributed by atoms with E-state index in [1.54, 1.807) is 0 Å². The Hall–Kier alpha value is -0.750. The van der Waals surface area contributed by atoms with Crippen molar-refractivity contribution in [3.63, 3.8) is 0 Å². The maximum absolute atomic E-state index is 12.2. The average Bonchev–Trinajstić information content (AvgIpc) is 3.43. The molecule has 0 radical (unpaired) electrons. The van der Waals surface area contributed by atoms with Crippen LogP contribution in [0.3, 0.4) is 0 Å². The Morgan fingerprint density at radius 1 is 0.926 bits per heavy atom. The van der Waals surface area contributed by atoms with Gasteiger partial charge in [0.05, 0.1) is 19.5 Å². The molecule has 2 atom stereocenters. The van der Waals surface area contributed by atoms with E-state index in [1.165, 1.54) is 12.0 Å². The van der Waals surface area contributed by atoms with E-state index in [0.717, 1.165) is 63.9 Å². The van der Waals surface area contributed by atoms with Crippen molar-refractivity contribution < 1.29 is 14.6 Å². The Balaban J connectivity index is 0.000000229. The molecule has 0 bridgehead atoms. The lowest BCUT2D eigenvalue weighted by Gasteiger charge is -2.28. The number of hydrogen-bond donors (Lipinski definition) is 2. The quantitative estimate of drug-likeness (QED) is 0.709. The van der Waals surface area contributed by atoms with Crippen molar-refractivity contribution in [2.75, 3.05) is 39.4 Å². The first kappa shape index (κ1) is 24.3. The van der Waals surface area contributed by atoms with Gasteiger partial charge in [0.1, 0.15) is 0 Å². The fourth-order valence-corrected chi connectivity index (χ4v) is 4.94. The third kappa shape index (κ3) is 5.20. The fourth-order valence-electron chi connectivity index (χ4n) is 4.94. The van der Waals surface area contributed by atoms with Crippen molar-refractivity contribution in [2.45, 2.75) is 77.3 Å². The molecule has 4 heterocycles. The van der Waals surface area contributed by atoms with Crippen molar-refractivity contribution in [1.82, 2.24) is 9.80 Å². The number of fused-ring (bicyclic) bond motifs is 2. The van der Waals surface area contributed by atoms with E-state index in [9.17, 15) is 14.6 Å². The zero-order valence-corrected chi connectivity index (χ0v) is 17.9. The predicted molar refractivity (Wildman–Crippen MR) is 112 cm³/mol. The Kier molecular flexibility index (Phi) is 10.2. The highest BCUT2D eigenvalue weighted by molar-refractivity contribution is 5.19. The lowest BCUT2D eigenvalue weighted by Crippen LogP contribution is -2.41. The van der Waals surface area contributed by atoms with Crippen LogP contribution in [0, 0.1) is 0 Å². The second-order valence-corrected chi connectivity index (χ2v) is 7.69. The molecule has 0 aromatic carbocycles. The molecule has 2 N–H and O–H groups in total. The SMILES string of the molecule is C=C1CN2CCCC2(CO)C1.CC.CC.OCC12CCCN1C/C(=C\F)C2. The van der Waals surface area contributed by atoms with Crippen LogP contribution in [0.25, 0.3) is 0 Å². The van der Waals surface area contributed by atoms with Gasteiger partial charge >= 0.3 is 0 Å². The number of aliphatic hydroxyl groups excluding tert-OH is 2. The summed E-state index contributed by atoms with van der Waals surface area (Å²) in [7, 11) is 0. The van der Waals surface area contributed by atoms with E-state index in [4.69, 9.17) is 0 Å². The molecule has 4 aliphatic heterocycles. The summed E-state index contributed by atoms with van der Waals surface area (Å²) in [5.41, 5.74) is 2.14. The van der Waals surface area contributed by atoms with Crippen LogP contribution in [0.5, 0.6) is 0 Å². The van der Waals surface area contributed by atoms with Crippen LogP contribution in [0.2, 0.25) is 0 Å². The molecule has 0 amide bonds. The molecule has 0 saturated carbocycles. The zero-order chi connectivity index (χ0) is 20.5. The Morgan fingerprint density at radius 2 is 1.41 bits per heavy atom. The van der Waals surface area contributed by atoms with Gasteiger partial charge in [-0.05, 0) is 57.2 Å². The van der Waals surface area contributed by atoms with Crippen LogP contribution in [0.1, 0.15) is 66.2 Å². The van der Waals surface area contributed by atoms with Crippen molar-refractivity contribution in [3.05, 3.63) is 24.1 Å². The molecule has 0 aromatic heterocycles. The van der Waals surface area contributed by atoms with Gasteiger partial charge in [-0.1, -0.05) is 39.8 Å². The number of nitrogens with zero attached hydrogens (tertiary/aromatic N) is 2. The van der Waals surface area contributed by atoms with Gasteiger partial charge in [0.15, 0.2) is 0 Å². The third-order valence-electron chi connectivity index (χ3n) is 6.17. The zero-order valence-electron chi connectivity index (χ0n) is 17.9. The van der Waals surface area contributed by atoms with E-state index >= 15 is 0 Å². The molecular formula is C22H41FN2O2. The minimum atomic E-state index is -0.0993. The second-order valence-electron chi connectivity index (χ2n) is 7.69. The molecule has 4 nitrogen and oxygen atoms in total. The summed E-state index contributed by atoms with van der Waals surface area (Å²) in [4.78, 5) is 4.59. The smallest absolute Gasteiger partial charge is 0.0872 e. The molecule has 4 rings (SSSR count). The summed E-state index contributed by atoms with van der Waals surface area (Å²) < 4.78 is 12.2. The molecule has 2 unspecified atom stereocenters. The van der Waals surface area contributed by atoms with Crippen molar-refractivity contribution in [1.29, 1.82) is 0 Å². The average molecular weight is 385 g/mol. The largest absolute Gasteiger partial charge is 0.394 e. The summed E-state index contributed by atoms with van der Waals surface area (Å²) in [5, 5.41) is 18.5. The number of rotatable bonds is 2. The minimum absolute atomic E-state index is 0.0993. The summed E-state index contributed by atoms with van der Waals surface area (Å²) in [6.45, 7) is 16.4. The molecule has 0 spiro atoms. The molecule has 27 heavy (non-hydrogen) atoms. The second kappa shape index (κ2) is 11.3. The number of hydrogen-bond acceptors (Lipinski definition) is 4. The standard InChI is InChI=1S/C9H14FNO.C9H15NO.2C2H6/c10-5-8-4-9(7-12)2-1-3-11(9)6-8;1-8-5-9(7-11)3-2-4-10(9)6-8;2*1-2/h5,12H,1-4,6-7H2;11H,1-7H2;2*1-2H3/b8-5-;;;. The Morgan fingerprint density at radius 3 is 1.81 bits per heavy atom. The minimum Gasteiger partial charge on any atom is -0.394 e. The lowest BCUT2D eigenvalue weighted by molar-refractivity contribution is 0.0999. The molecule has 4 aliphatic rings. The first-order valence-electron chi connectivity index (χ1n) is 10.7. The molecule has 0 aromatic rings. The number of aliphatic hydroxyl groups is 2. The van der Waals surface area contributed by atoms with Crippen LogP contribution in [0.15, 0.2) is 24.1 Å². The number of halogens is 1. The maximum Gasteiger partial charge on any atom is 0.0872 e. The maximum atomic E-state index is 12.2. The van der Waals surface area contributed by atoms with E-state index in [1.807, 2.05) is 27.7 Å². The van der Waals surface area contributed by atoms with Gasteiger partial charge in [0.25, 0.3) is 0 Å². The van der Waals surface area contributed by atoms with Crippen LogP contribution in [-0.2, 0) is 0 Å².